The van der Waals surface area contributed by atoms with Gasteiger partial charge in [-0.2, -0.15) is 0 Å². The Hall–Kier alpha value is -2.75. The molecule has 8 nitrogen and oxygen atoms in total. The van der Waals surface area contributed by atoms with Gasteiger partial charge in [0.25, 0.3) is 0 Å². The van der Waals surface area contributed by atoms with Gasteiger partial charge in [-0.05, 0) is 17.7 Å². The summed E-state index contributed by atoms with van der Waals surface area (Å²) in [5.41, 5.74) is 0.333. The molecule has 0 unspecified atom stereocenters. The SMILES string of the molecule is COCCOCC(=O)N1CCN(Cc2cc(=O)c(OCc3cccc(F)c3)co2)CC1. The molecule has 9 heteroatoms. The molecular formula is C22H27FN2O6. The normalized spacial score (nSPS) is 14.6. The van der Waals surface area contributed by atoms with E-state index in [0.29, 0.717) is 57.3 Å². The molecule has 1 saturated heterocycles. The third-order valence-corrected chi connectivity index (χ3v) is 4.90. The summed E-state index contributed by atoms with van der Waals surface area (Å²) < 4.78 is 34.4. The van der Waals surface area contributed by atoms with Crippen molar-refractivity contribution in [1.82, 2.24) is 9.80 Å². The van der Waals surface area contributed by atoms with Crippen molar-refractivity contribution in [3.63, 3.8) is 0 Å². The van der Waals surface area contributed by atoms with Crippen molar-refractivity contribution >= 4 is 5.91 Å². The number of rotatable bonds is 10. The molecule has 0 spiro atoms. The predicted molar refractivity (Wildman–Crippen MR) is 110 cm³/mol. The van der Waals surface area contributed by atoms with Gasteiger partial charge >= 0.3 is 0 Å². The van der Waals surface area contributed by atoms with E-state index in [2.05, 4.69) is 4.90 Å². The standard InChI is InChI=1S/C22H27FN2O6/c1-28-9-10-29-16-22(27)25-7-5-24(6-8-25)13-19-12-20(26)21(15-30-19)31-14-17-3-2-4-18(23)11-17/h2-4,11-12,15H,5-10,13-14,16H2,1H3. The summed E-state index contributed by atoms with van der Waals surface area (Å²) in [6.45, 7) is 3.96. The zero-order valence-electron chi connectivity index (χ0n) is 17.5. The third kappa shape index (κ3) is 7.16. The topological polar surface area (TPSA) is 81.5 Å². The maximum atomic E-state index is 13.2. The van der Waals surface area contributed by atoms with E-state index in [1.165, 1.54) is 24.5 Å². The van der Waals surface area contributed by atoms with Gasteiger partial charge in [0.05, 0.1) is 19.8 Å². The Bertz CT molecular complexity index is 911. The highest BCUT2D eigenvalue weighted by Crippen LogP contribution is 2.13. The Morgan fingerprint density at radius 2 is 1.97 bits per heavy atom. The van der Waals surface area contributed by atoms with Gasteiger partial charge in [-0.1, -0.05) is 12.1 Å². The number of hydrogen-bond donors (Lipinski definition) is 0. The molecule has 3 rings (SSSR count). The second kappa shape index (κ2) is 11.6. The van der Waals surface area contributed by atoms with Crippen LogP contribution in [0.4, 0.5) is 4.39 Å². The number of carbonyl (C=O) groups is 1. The molecule has 1 amide bonds. The average Bonchev–Trinajstić information content (AvgIpc) is 2.77. The van der Waals surface area contributed by atoms with Crippen LogP contribution in [0.15, 0.2) is 45.8 Å². The molecule has 1 aliphatic rings. The summed E-state index contributed by atoms with van der Waals surface area (Å²) in [5, 5.41) is 0. The van der Waals surface area contributed by atoms with Crippen molar-refractivity contribution in [2.24, 2.45) is 0 Å². The summed E-state index contributed by atoms with van der Waals surface area (Å²) in [6.07, 6.45) is 1.29. The van der Waals surface area contributed by atoms with Crippen LogP contribution >= 0.6 is 0 Å². The fraction of sp³-hybridized carbons (Fsp3) is 0.455. The van der Waals surface area contributed by atoms with Crippen LogP contribution in [0.5, 0.6) is 5.75 Å². The minimum Gasteiger partial charge on any atom is -0.482 e. The molecule has 1 aliphatic heterocycles. The van der Waals surface area contributed by atoms with Gasteiger partial charge in [-0.15, -0.1) is 0 Å². The van der Waals surface area contributed by atoms with E-state index in [-0.39, 0.29) is 36.1 Å². The summed E-state index contributed by atoms with van der Waals surface area (Å²) in [7, 11) is 1.58. The van der Waals surface area contributed by atoms with Crippen LogP contribution < -0.4 is 10.2 Å². The minimum atomic E-state index is -0.358. The summed E-state index contributed by atoms with van der Waals surface area (Å²) in [4.78, 5) is 28.3. The molecule has 1 fully saturated rings. The van der Waals surface area contributed by atoms with Gasteiger partial charge in [0.2, 0.25) is 17.1 Å². The van der Waals surface area contributed by atoms with Crippen molar-refractivity contribution in [2.75, 3.05) is 53.1 Å². The molecule has 0 bridgehead atoms. The van der Waals surface area contributed by atoms with Gasteiger partial charge in [0, 0.05) is 39.4 Å². The lowest BCUT2D eigenvalue weighted by atomic mass is 10.2. The van der Waals surface area contributed by atoms with Crippen LogP contribution in [-0.4, -0.2) is 68.8 Å². The van der Waals surface area contributed by atoms with Gasteiger partial charge in [-0.3, -0.25) is 14.5 Å². The number of carbonyl (C=O) groups excluding carboxylic acids is 1. The number of benzene rings is 1. The Morgan fingerprint density at radius 1 is 1.16 bits per heavy atom. The number of methoxy groups -OCH3 is 1. The predicted octanol–water partition coefficient (Wildman–Crippen LogP) is 1.67. The fourth-order valence-corrected chi connectivity index (χ4v) is 3.18. The molecule has 1 aromatic carbocycles. The lowest BCUT2D eigenvalue weighted by molar-refractivity contribution is -0.138. The number of amides is 1. The summed E-state index contributed by atoms with van der Waals surface area (Å²) in [6, 6.07) is 7.41. The van der Waals surface area contributed by atoms with E-state index < -0.39 is 0 Å². The van der Waals surface area contributed by atoms with Gasteiger partial charge < -0.3 is 23.5 Å². The summed E-state index contributed by atoms with van der Waals surface area (Å²) >= 11 is 0. The van der Waals surface area contributed by atoms with E-state index in [1.807, 2.05) is 0 Å². The number of halogens is 1. The summed E-state index contributed by atoms with van der Waals surface area (Å²) in [5.74, 6) is 0.202. The molecule has 31 heavy (non-hydrogen) atoms. The van der Waals surface area contributed by atoms with Gasteiger partial charge in [0.1, 0.15) is 31.1 Å². The molecular weight excluding hydrogens is 407 g/mol. The molecule has 0 saturated carbocycles. The number of hydrogen-bond acceptors (Lipinski definition) is 7. The van der Waals surface area contributed by atoms with Crippen LogP contribution in [0.1, 0.15) is 11.3 Å². The van der Waals surface area contributed by atoms with E-state index in [0.717, 1.165) is 0 Å². The monoisotopic (exact) mass is 434 g/mol. The van der Waals surface area contributed by atoms with Crippen LogP contribution in [-0.2, 0) is 27.4 Å². The highest BCUT2D eigenvalue weighted by Gasteiger charge is 2.21. The van der Waals surface area contributed by atoms with Crippen LogP contribution in [0.3, 0.4) is 0 Å². The van der Waals surface area contributed by atoms with Gasteiger partial charge in [0.15, 0.2) is 0 Å². The van der Waals surface area contributed by atoms with E-state index in [1.54, 1.807) is 24.1 Å². The lowest BCUT2D eigenvalue weighted by Crippen LogP contribution is -2.49. The molecule has 2 heterocycles. The first kappa shape index (κ1) is 22.9. The maximum absolute atomic E-state index is 13.2. The molecule has 0 N–H and O–H groups in total. The highest BCUT2D eigenvalue weighted by atomic mass is 19.1. The van der Waals surface area contributed by atoms with Crippen LogP contribution in [0, 0.1) is 5.82 Å². The molecule has 0 aliphatic carbocycles. The lowest BCUT2D eigenvalue weighted by Gasteiger charge is -2.34. The first-order valence-electron chi connectivity index (χ1n) is 10.1. The zero-order valence-corrected chi connectivity index (χ0v) is 17.5. The Kier molecular flexibility index (Phi) is 8.57. The fourth-order valence-electron chi connectivity index (χ4n) is 3.18. The number of ether oxygens (including phenoxy) is 3. The Balaban J connectivity index is 1.44. The largest absolute Gasteiger partial charge is 0.482 e. The third-order valence-electron chi connectivity index (χ3n) is 4.90. The van der Waals surface area contributed by atoms with E-state index in [9.17, 15) is 14.0 Å². The molecule has 2 aromatic rings. The second-order valence-corrected chi connectivity index (χ2v) is 7.20. The van der Waals surface area contributed by atoms with Crippen molar-refractivity contribution < 1.29 is 27.8 Å². The first-order valence-corrected chi connectivity index (χ1v) is 10.1. The Morgan fingerprint density at radius 3 is 2.68 bits per heavy atom. The van der Waals surface area contributed by atoms with Crippen molar-refractivity contribution in [1.29, 1.82) is 0 Å². The van der Waals surface area contributed by atoms with Crippen molar-refractivity contribution in [2.45, 2.75) is 13.2 Å². The van der Waals surface area contributed by atoms with E-state index in [4.69, 9.17) is 18.6 Å². The highest BCUT2D eigenvalue weighted by molar-refractivity contribution is 5.77. The average molecular weight is 434 g/mol. The molecule has 168 valence electrons. The number of piperazine rings is 1. The first-order chi connectivity index (χ1) is 15.0. The van der Waals surface area contributed by atoms with Crippen molar-refractivity contribution in [3.8, 4) is 5.75 Å². The molecule has 1 aromatic heterocycles. The number of nitrogens with zero attached hydrogens (tertiary/aromatic N) is 2. The minimum absolute atomic E-state index is 0.0397. The quantitative estimate of drug-likeness (QED) is 0.526. The smallest absolute Gasteiger partial charge is 0.248 e. The van der Waals surface area contributed by atoms with E-state index >= 15 is 0 Å². The molecule has 0 atom stereocenters. The van der Waals surface area contributed by atoms with Crippen LogP contribution in [0.25, 0.3) is 0 Å². The second-order valence-electron chi connectivity index (χ2n) is 7.20. The van der Waals surface area contributed by atoms with Crippen molar-refractivity contribution in [3.05, 3.63) is 64.0 Å². The zero-order chi connectivity index (χ0) is 22.1. The molecule has 0 radical (unpaired) electrons. The van der Waals surface area contributed by atoms with Gasteiger partial charge in [-0.25, -0.2) is 4.39 Å². The Labute approximate surface area is 180 Å². The van der Waals surface area contributed by atoms with Crippen LogP contribution in [0.2, 0.25) is 0 Å². The maximum Gasteiger partial charge on any atom is 0.248 e.